The molecule has 2 fully saturated rings. The van der Waals surface area contributed by atoms with E-state index in [0.29, 0.717) is 0 Å². The third kappa shape index (κ3) is 2.80. The second-order valence-corrected chi connectivity index (χ2v) is 7.57. The van der Waals surface area contributed by atoms with Crippen molar-refractivity contribution in [2.24, 2.45) is 11.8 Å². The van der Waals surface area contributed by atoms with Gasteiger partial charge in [0.15, 0.2) is 5.60 Å². The number of imide groups is 1. The van der Waals surface area contributed by atoms with Gasteiger partial charge in [-0.25, -0.2) is 4.90 Å². The van der Waals surface area contributed by atoms with Crippen LogP contribution in [0.5, 0.6) is 0 Å². The van der Waals surface area contributed by atoms with Crippen LogP contribution in [0.1, 0.15) is 19.4 Å². The Labute approximate surface area is 175 Å². The van der Waals surface area contributed by atoms with E-state index >= 15 is 0 Å². The highest BCUT2D eigenvalue weighted by molar-refractivity contribution is 6.31. The molecule has 3 aliphatic heterocycles. The zero-order chi connectivity index (χ0) is 21.8. The molecule has 3 aliphatic rings. The average molecular weight is 431 g/mol. The van der Waals surface area contributed by atoms with Crippen LogP contribution in [0.3, 0.4) is 0 Å². The first-order valence-corrected chi connectivity index (χ1v) is 9.36. The van der Waals surface area contributed by atoms with Gasteiger partial charge in [-0.05, 0) is 24.3 Å². The topological polar surface area (TPSA) is 123 Å². The number of rotatable bonds is 4. The number of carbonyl (C=O) groups excluding carboxylic acids is 4. The van der Waals surface area contributed by atoms with Crippen LogP contribution in [0.4, 0.5) is 5.69 Å². The third-order valence-corrected chi connectivity index (χ3v) is 5.55. The first-order valence-electron chi connectivity index (χ1n) is 8.98. The van der Waals surface area contributed by atoms with Crippen molar-refractivity contribution in [1.29, 1.82) is 5.26 Å². The lowest BCUT2D eigenvalue weighted by Crippen LogP contribution is -2.52. The molecule has 1 aromatic carbocycles. The smallest absolute Gasteiger partial charge is 0.305 e. The SMILES string of the molecule is CC(=O)OC(OC(C)=O)[C@@]12C=C[C@@H](O1)[C@@H]1C(=O)N(c3cc(Cl)ccc3C#N)C(=O)[C@H]12. The van der Waals surface area contributed by atoms with Crippen molar-refractivity contribution in [2.45, 2.75) is 31.8 Å². The summed E-state index contributed by atoms with van der Waals surface area (Å²) in [5.41, 5.74) is -1.51. The predicted molar refractivity (Wildman–Crippen MR) is 99.7 cm³/mol. The van der Waals surface area contributed by atoms with Gasteiger partial charge < -0.3 is 14.2 Å². The number of ether oxygens (including phenoxy) is 3. The molecule has 1 aromatic rings. The summed E-state index contributed by atoms with van der Waals surface area (Å²) in [6, 6.07) is 6.18. The maximum Gasteiger partial charge on any atom is 0.305 e. The number of nitriles is 1. The molecule has 0 saturated carbocycles. The maximum absolute atomic E-state index is 13.4. The largest absolute Gasteiger partial charge is 0.422 e. The number of hydrogen-bond donors (Lipinski definition) is 0. The van der Waals surface area contributed by atoms with Gasteiger partial charge in [0.25, 0.3) is 6.29 Å². The van der Waals surface area contributed by atoms with Crippen molar-refractivity contribution in [3.63, 3.8) is 0 Å². The first-order chi connectivity index (χ1) is 14.2. The van der Waals surface area contributed by atoms with Crippen LogP contribution < -0.4 is 4.90 Å². The van der Waals surface area contributed by atoms with Crippen LogP contribution in [0.25, 0.3) is 0 Å². The summed E-state index contributed by atoms with van der Waals surface area (Å²) in [7, 11) is 0. The minimum atomic E-state index is -1.65. The number of carbonyl (C=O) groups is 4. The Morgan fingerprint density at radius 2 is 1.90 bits per heavy atom. The Morgan fingerprint density at radius 1 is 1.23 bits per heavy atom. The van der Waals surface area contributed by atoms with E-state index in [0.717, 1.165) is 18.7 Å². The highest BCUT2D eigenvalue weighted by Gasteiger charge is 2.72. The van der Waals surface area contributed by atoms with Gasteiger partial charge in [0.05, 0.1) is 29.2 Å². The molecule has 30 heavy (non-hydrogen) atoms. The molecular formula is C20H15ClN2O7. The standard InChI is InChI=1S/C20H15ClN2O7/c1-9(24)28-19(29-10(2)25)20-6-5-14(30-20)15-16(20)18(27)23(17(15)26)13-7-12(21)4-3-11(13)8-22/h3-7,14-16,19H,1-2H3/t14-,15+,16+,20+/m1/s1. The molecule has 2 saturated heterocycles. The minimum Gasteiger partial charge on any atom is -0.422 e. The summed E-state index contributed by atoms with van der Waals surface area (Å²) >= 11 is 6.02. The van der Waals surface area contributed by atoms with E-state index in [4.69, 9.17) is 25.8 Å². The molecule has 2 bridgehead atoms. The summed E-state index contributed by atoms with van der Waals surface area (Å²) in [6.07, 6.45) is 0.705. The van der Waals surface area contributed by atoms with Gasteiger partial charge in [-0.2, -0.15) is 5.26 Å². The van der Waals surface area contributed by atoms with Gasteiger partial charge in [-0.1, -0.05) is 17.7 Å². The summed E-state index contributed by atoms with van der Waals surface area (Å²) in [5.74, 6) is -4.80. The van der Waals surface area contributed by atoms with Gasteiger partial charge in [-0.15, -0.1) is 0 Å². The van der Waals surface area contributed by atoms with Gasteiger partial charge in [0.2, 0.25) is 11.8 Å². The first kappa shape index (κ1) is 20.1. The molecular weight excluding hydrogens is 416 g/mol. The van der Waals surface area contributed by atoms with Crippen molar-refractivity contribution >= 4 is 41.0 Å². The van der Waals surface area contributed by atoms with Crippen molar-refractivity contribution < 1.29 is 33.4 Å². The molecule has 0 spiro atoms. The van der Waals surface area contributed by atoms with Crippen molar-refractivity contribution in [2.75, 3.05) is 4.90 Å². The summed E-state index contributed by atoms with van der Waals surface area (Å²) in [4.78, 5) is 50.7. The van der Waals surface area contributed by atoms with Crippen LogP contribution >= 0.6 is 11.6 Å². The van der Waals surface area contributed by atoms with Gasteiger partial charge in [0.1, 0.15) is 6.07 Å². The van der Waals surface area contributed by atoms with E-state index in [1.807, 2.05) is 6.07 Å². The highest BCUT2D eigenvalue weighted by atomic mass is 35.5. The molecule has 4 rings (SSSR count). The fourth-order valence-corrected chi connectivity index (χ4v) is 4.40. The van der Waals surface area contributed by atoms with Crippen LogP contribution in [0, 0.1) is 23.2 Å². The van der Waals surface area contributed by atoms with E-state index in [1.54, 1.807) is 6.08 Å². The summed E-state index contributed by atoms with van der Waals surface area (Å²) in [6.45, 7) is 2.24. The fraction of sp³-hybridized carbons (Fsp3) is 0.350. The highest BCUT2D eigenvalue weighted by Crippen LogP contribution is 2.55. The van der Waals surface area contributed by atoms with Gasteiger partial charge in [-0.3, -0.25) is 19.2 Å². The molecule has 4 atom stereocenters. The second kappa shape index (κ2) is 6.93. The van der Waals surface area contributed by atoms with Crippen molar-refractivity contribution in [3.8, 4) is 6.07 Å². The molecule has 0 aromatic heterocycles. The van der Waals surface area contributed by atoms with E-state index in [1.165, 1.54) is 24.3 Å². The Hall–Kier alpha value is -3.22. The third-order valence-electron chi connectivity index (χ3n) is 5.31. The Kier molecular flexibility index (Phi) is 4.64. The lowest BCUT2D eigenvalue weighted by atomic mass is 9.76. The normalized spacial score (nSPS) is 28.6. The Morgan fingerprint density at radius 3 is 2.50 bits per heavy atom. The molecule has 10 heteroatoms. The Balaban J connectivity index is 1.79. The number of amides is 2. The number of hydrogen-bond acceptors (Lipinski definition) is 8. The zero-order valence-corrected chi connectivity index (χ0v) is 16.6. The number of anilines is 1. The lowest BCUT2D eigenvalue weighted by Gasteiger charge is -2.34. The second-order valence-electron chi connectivity index (χ2n) is 7.13. The molecule has 0 radical (unpaired) electrons. The number of esters is 2. The van der Waals surface area contributed by atoms with Crippen LogP contribution in [-0.4, -0.2) is 41.7 Å². The van der Waals surface area contributed by atoms with Crippen LogP contribution in [0.2, 0.25) is 5.02 Å². The number of fused-ring (bicyclic) bond motifs is 5. The van der Waals surface area contributed by atoms with E-state index in [-0.39, 0.29) is 16.3 Å². The Bertz CT molecular complexity index is 1050. The fourth-order valence-electron chi connectivity index (χ4n) is 4.24. The minimum absolute atomic E-state index is 0.0560. The van der Waals surface area contributed by atoms with Crippen LogP contribution in [0.15, 0.2) is 30.4 Å². The van der Waals surface area contributed by atoms with E-state index in [2.05, 4.69) is 0 Å². The molecule has 3 heterocycles. The summed E-state index contributed by atoms with van der Waals surface area (Å²) < 4.78 is 16.2. The van der Waals surface area contributed by atoms with Crippen molar-refractivity contribution in [1.82, 2.24) is 0 Å². The molecule has 154 valence electrons. The number of halogens is 1. The number of benzene rings is 1. The van der Waals surface area contributed by atoms with E-state index < -0.39 is 53.6 Å². The average Bonchev–Trinajstić information content (AvgIpc) is 3.31. The lowest BCUT2D eigenvalue weighted by molar-refractivity contribution is -0.226. The number of nitrogens with zero attached hydrogens (tertiary/aromatic N) is 2. The molecule has 9 nitrogen and oxygen atoms in total. The summed E-state index contributed by atoms with van der Waals surface area (Å²) in [5, 5.41) is 9.65. The quantitative estimate of drug-likeness (QED) is 0.304. The van der Waals surface area contributed by atoms with Crippen molar-refractivity contribution in [3.05, 3.63) is 40.9 Å². The molecule has 0 unspecified atom stereocenters. The maximum atomic E-state index is 13.4. The van der Waals surface area contributed by atoms with Crippen LogP contribution in [-0.2, 0) is 33.4 Å². The van der Waals surface area contributed by atoms with E-state index in [9.17, 15) is 24.4 Å². The molecule has 2 amide bonds. The zero-order valence-electron chi connectivity index (χ0n) is 15.8. The van der Waals surface area contributed by atoms with Gasteiger partial charge in [0, 0.05) is 18.9 Å². The molecule has 0 aliphatic carbocycles. The predicted octanol–water partition coefficient (Wildman–Crippen LogP) is 1.48. The molecule has 0 N–H and O–H groups in total. The van der Waals surface area contributed by atoms with Gasteiger partial charge >= 0.3 is 11.9 Å². The monoisotopic (exact) mass is 430 g/mol.